The molecule has 1 unspecified atom stereocenters. The smallest absolute Gasteiger partial charge is 0.377 e. The van der Waals surface area contributed by atoms with Crippen molar-refractivity contribution in [2.75, 3.05) is 7.11 Å². The molecule has 2 rings (SSSR count). The average molecular weight is 394 g/mol. The van der Waals surface area contributed by atoms with Crippen molar-refractivity contribution in [3.8, 4) is 0 Å². The highest BCUT2D eigenvalue weighted by molar-refractivity contribution is 7.90. The second-order valence-corrected chi connectivity index (χ2v) is 7.83. The Morgan fingerprint density at radius 1 is 1.23 bits per heavy atom. The van der Waals surface area contributed by atoms with Gasteiger partial charge >= 0.3 is 11.8 Å². The maximum Gasteiger partial charge on any atom is 0.442 e. The van der Waals surface area contributed by atoms with E-state index < -0.39 is 44.3 Å². The molecule has 8 nitrogen and oxygen atoms in total. The van der Waals surface area contributed by atoms with Gasteiger partial charge in [-0.05, 0) is 26.0 Å². The molecule has 26 heavy (non-hydrogen) atoms. The van der Waals surface area contributed by atoms with Crippen LogP contribution < -0.4 is 10.5 Å². The van der Waals surface area contributed by atoms with Crippen molar-refractivity contribution in [2.45, 2.75) is 42.2 Å². The summed E-state index contributed by atoms with van der Waals surface area (Å²) >= 11 is 0. The molecule has 1 aromatic carbocycles. The maximum absolute atomic E-state index is 12.9. The lowest BCUT2D eigenvalue weighted by Crippen LogP contribution is -2.55. The van der Waals surface area contributed by atoms with Crippen LogP contribution in [0.25, 0.3) is 0 Å². The SMILES string of the molecule is COC(C)(C)C(N)C(=O)NS(=O)(=O)c1ccc(C2(C(F)(F)F)N=N2)cc1. The third-order valence-electron chi connectivity index (χ3n) is 4.05. The van der Waals surface area contributed by atoms with E-state index in [0.717, 1.165) is 24.3 Å². The van der Waals surface area contributed by atoms with Crippen molar-refractivity contribution in [3.05, 3.63) is 29.8 Å². The third-order valence-corrected chi connectivity index (χ3v) is 5.42. The molecule has 1 aromatic rings. The zero-order valence-corrected chi connectivity index (χ0v) is 14.9. The van der Waals surface area contributed by atoms with Crippen LogP contribution in [0.5, 0.6) is 0 Å². The van der Waals surface area contributed by atoms with E-state index in [0.29, 0.717) is 0 Å². The summed E-state index contributed by atoms with van der Waals surface area (Å²) in [6, 6.07) is 2.43. The number of rotatable bonds is 6. The van der Waals surface area contributed by atoms with E-state index in [9.17, 15) is 26.4 Å². The lowest BCUT2D eigenvalue weighted by Gasteiger charge is -2.28. The fourth-order valence-corrected chi connectivity index (χ4v) is 3.01. The van der Waals surface area contributed by atoms with Crippen molar-refractivity contribution < 1.29 is 31.1 Å². The molecule has 0 spiro atoms. The fraction of sp³-hybridized carbons (Fsp3) is 0.500. The van der Waals surface area contributed by atoms with Crippen LogP contribution in [-0.2, 0) is 25.2 Å². The summed E-state index contributed by atoms with van der Waals surface area (Å²) in [6.45, 7) is 3.00. The first-order chi connectivity index (χ1) is 11.8. The number of carbonyl (C=O) groups excluding carboxylic acids is 1. The van der Waals surface area contributed by atoms with Gasteiger partial charge in [-0.3, -0.25) is 4.79 Å². The molecule has 1 aliphatic heterocycles. The van der Waals surface area contributed by atoms with Crippen molar-refractivity contribution in [1.82, 2.24) is 4.72 Å². The number of ether oxygens (including phenoxy) is 1. The minimum Gasteiger partial charge on any atom is -0.377 e. The van der Waals surface area contributed by atoms with Crippen molar-refractivity contribution >= 4 is 15.9 Å². The number of halogens is 3. The van der Waals surface area contributed by atoms with Crippen LogP contribution in [-0.4, -0.2) is 39.3 Å². The molecule has 0 saturated heterocycles. The normalized spacial score (nSPS) is 17.7. The topological polar surface area (TPSA) is 123 Å². The molecule has 144 valence electrons. The Bertz CT molecular complexity index is 829. The Morgan fingerprint density at radius 2 is 1.73 bits per heavy atom. The Morgan fingerprint density at radius 3 is 2.12 bits per heavy atom. The van der Waals surface area contributed by atoms with Gasteiger partial charge in [-0.25, -0.2) is 13.1 Å². The number of methoxy groups -OCH3 is 1. The minimum absolute atomic E-state index is 0.326. The second kappa shape index (κ2) is 6.28. The molecule has 0 saturated carbocycles. The van der Waals surface area contributed by atoms with Crippen LogP contribution >= 0.6 is 0 Å². The summed E-state index contributed by atoms with van der Waals surface area (Å²) in [5.41, 5.74) is 1.57. The van der Waals surface area contributed by atoms with Crippen LogP contribution in [0, 0.1) is 0 Å². The van der Waals surface area contributed by atoms with Gasteiger partial charge < -0.3 is 10.5 Å². The van der Waals surface area contributed by atoms with Gasteiger partial charge in [0.15, 0.2) is 0 Å². The molecular formula is C14H17F3N4O4S. The van der Waals surface area contributed by atoms with Gasteiger partial charge in [0.1, 0.15) is 6.04 Å². The number of benzene rings is 1. The molecule has 1 heterocycles. The zero-order chi connectivity index (χ0) is 20.0. The molecule has 0 bridgehead atoms. The van der Waals surface area contributed by atoms with Gasteiger partial charge in [0, 0.05) is 12.7 Å². The Kier molecular flexibility index (Phi) is 4.90. The van der Waals surface area contributed by atoms with Crippen molar-refractivity contribution in [2.24, 2.45) is 16.0 Å². The number of amides is 1. The van der Waals surface area contributed by atoms with Crippen LogP contribution in [0.15, 0.2) is 39.4 Å². The third kappa shape index (κ3) is 3.57. The summed E-state index contributed by atoms with van der Waals surface area (Å²) < 4.78 is 70.1. The van der Waals surface area contributed by atoms with E-state index in [1.54, 1.807) is 4.72 Å². The molecule has 1 aliphatic rings. The quantitative estimate of drug-likeness (QED) is 0.755. The van der Waals surface area contributed by atoms with Crippen molar-refractivity contribution in [3.63, 3.8) is 0 Å². The number of hydrogen-bond donors (Lipinski definition) is 2. The van der Waals surface area contributed by atoms with E-state index in [4.69, 9.17) is 10.5 Å². The van der Waals surface area contributed by atoms with Crippen LogP contribution in [0.4, 0.5) is 13.2 Å². The fourth-order valence-electron chi connectivity index (χ4n) is 2.01. The molecule has 1 atom stereocenters. The summed E-state index contributed by atoms with van der Waals surface area (Å²) in [6.07, 6.45) is -4.72. The Hall–Kier alpha value is -2.05. The van der Waals surface area contributed by atoms with Crippen LogP contribution in [0.2, 0.25) is 0 Å². The lowest BCUT2D eigenvalue weighted by atomic mass is 9.99. The first-order valence-corrected chi connectivity index (χ1v) is 8.74. The molecule has 12 heteroatoms. The number of alkyl halides is 3. The molecule has 3 N–H and O–H groups in total. The maximum atomic E-state index is 12.9. The largest absolute Gasteiger partial charge is 0.442 e. The monoisotopic (exact) mass is 394 g/mol. The van der Waals surface area contributed by atoms with Crippen LogP contribution in [0.3, 0.4) is 0 Å². The van der Waals surface area contributed by atoms with Gasteiger partial charge in [-0.15, -0.1) is 10.2 Å². The molecule has 0 aromatic heterocycles. The molecule has 0 radical (unpaired) electrons. The highest BCUT2D eigenvalue weighted by Gasteiger charge is 2.65. The standard InChI is InChI=1S/C14H17F3N4O4S/c1-12(2,25-3)10(18)11(22)19-26(23,24)9-6-4-8(5-7-9)13(20-21-13)14(15,16)17/h4-7,10H,18H2,1-3H3,(H,19,22). The van der Waals surface area contributed by atoms with E-state index in [-0.39, 0.29) is 5.56 Å². The molecular weight excluding hydrogens is 377 g/mol. The first-order valence-electron chi connectivity index (χ1n) is 7.25. The van der Waals surface area contributed by atoms with Gasteiger partial charge in [-0.1, -0.05) is 12.1 Å². The van der Waals surface area contributed by atoms with Gasteiger partial charge in [0.2, 0.25) is 0 Å². The lowest BCUT2D eigenvalue weighted by molar-refractivity contribution is -0.166. The number of sulfonamides is 1. The molecule has 0 fully saturated rings. The van der Waals surface area contributed by atoms with Gasteiger partial charge in [0.25, 0.3) is 15.9 Å². The predicted molar refractivity (Wildman–Crippen MR) is 83.4 cm³/mol. The Labute approximate surface area is 147 Å². The van der Waals surface area contributed by atoms with E-state index in [1.807, 2.05) is 0 Å². The predicted octanol–water partition coefficient (Wildman–Crippen LogP) is 1.42. The number of nitrogens with two attached hydrogens (primary N) is 1. The number of nitrogens with one attached hydrogen (secondary N) is 1. The van der Waals surface area contributed by atoms with E-state index >= 15 is 0 Å². The van der Waals surface area contributed by atoms with Crippen molar-refractivity contribution in [1.29, 1.82) is 0 Å². The van der Waals surface area contributed by atoms with E-state index in [2.05, 4.69) is 10.2 Å². The molecule has 1 amide bonds. The van der Waals surface area contributed by atoms with Crippen LogP contribution in [0.1, 0.15) is 19.4 Å². The summed E-state index contributed by atoms with van der Waals surface area (Å²) in [5, 5.41) is 6.05. The first kappa shape index (κ1) is 20.3. The number of nitrogens with zero attached hydrogens (tertiary/aromatic N) is 2. The van der Waals surface area contributed by atoms with Gasteiger partial charge in [0.05, 0.1) is 10.5 Å². The number of hydrogen-bond acceptors (Lipinski definition) is 7. The number of carbonyl (C=O) groups is 1. The summed E-state index contributed by atoms with van der Waals surface area (Å²) in [7, 11) is -3.02. The summed E-state index contributed by atoms with van der Waals surface area (Å²) in [5.74, 6) is -1.01. The zero-order valence-electron chi connectivity index (χ0n) is 14.0. The minimum atomic E-state index is -4.72. The Balaban J connectivity index is 2.19. The average Bonchev–Trinajstić information content (AvgIpc) is 3.35. The highest BCUT2D eigenvalue weighted by atomic mass is 32.2. The second-order valence-electron chi connectivity index (χ2n) is 6.15. The van der Waals surface area contributed by atoms with E-state index in [1.165, 1.54) is 21.0 Å². The highest BCUT2D eigenvalue weighted by Crippen LogP contribution is 2.52. The summed E-state index contributed by atoms with van der Waals surface area (Å²) in [4.78, 5) is 11.6. The molecule has 0 aliphatic carbocycles. The van der Waals surface area contributed by atoms with Gasteiger partial charge in [-0.2, -0.15) is 13.2 Å².